The van der Waals surface area contributed by atoms with Crippen LogP contribution in [0.5, 0.6) is 11.6 Å². The van der Waals surface area contributed by atoms with E-state index in [4.69, 9.17) is 6.42 Å². The Morgan fingerprint density at radius 1 is 1.37 bits per heavy atom. The summed E-state index contributed by atoms with van der Waals surface area (Å²) >= 11 is 0. The van der Waals surface area contributed by atoms with Crippen LogP contribution < -0.4 is 10.1 Å². The summed E-state index contributed by atoms with van der Waals surface area (Å²) < 4.78 is 39.3. The number of methoxy groups -OCH3 is 2. The predicted molar refractivity (Wildman–Crippen MR) is 89.4 cm³/mol. The molecule has 144 valence electrons. The number of nitrogens with zero attached hydrogens (tertiary/aromatic N) is 1. The number of alkyl carbamates (subject to hydrolysis) is 1. The molecular formula is C17H16F2N2O6. The smallest absolute Gasteiger partial charge is 0.408 e. The Labute approximate surface area is 152 Å². The number of halogens is 2. The number of benzene rings is 1. The SMILES string of the molecule is C#C[C@](Cn1cc2ccc(OC(F)F)cc2c1O)(NC(=O)OC)C(=O)OC. The van der Waals surface area contributed by atoms with Gasteiger partial charge in [0.15, 0.2) is 5.88 Å². The number of ether oxygens (including phenoxy) is 3. The summed E-state index contributed by atoms with van der Waals surface area (Å²) in [5.74, 6) is 0.650. The van der Waals surface area contributed by atoms with Crippen LogP contribution in [0, 0.1) is 12.3 Å². The number of carbonyl (C=O) groups is 2. The van der Waals surface area contributed by atoms with Crippen LogP contribution >= 0.6 is 0 Å². The first-order chi connectivity index (χ1) is 12.8. The zero-order valence-electron chi connectivity index (χ0n) is 14.4. The van der Waals surface area contributed by atoms with Gasteiger partial charge in [-0.25, -0.2) is 9.59 Å². The van der Waals surface area contributed by atoms with Gasteiger partial charge in [-0.2, -0.15) is 8.78 Å². The molecule has 1 amide bonds. The summed E-state index contributed by atoms with van der Waals surface area (Å²) in [7, 11) is 2.16. The number of fused-ring (bicyclic) bond motifs is 1. The van der Waals surface area contributed by atoms with Crippen LogP contribution in [0.2, 0.25) is 0 Å². The number of rotatable bonds is 6. The molecule has 1 aromatic heterocycles. The zero-order valence-corrected chi connectivity index (χ0v) is 14.4. The molecule has 2 N–H and O–H groups in total. The predicted octanol–water partition coefficient (Wildman–Crippen LogP) is 1.85. The number of hydrogen-bond donors (Lipinski definition) is 2. The maximum Gasteiger partial charge on any atom is 0.408 e. The van der Waals surface area contributed by atoms with Crippen molar-refractivity contribution in [2.45, 2.75) is 18.7 Å². The van der Waals surface area contributed by atoms with Crippen LogP contribution in [0.3, 0.4) is 0 Å². The van der Waals surface area contributed by atoms with Gasteiger partial charge in [0.25, 0.3) is 0 Å². The van der Waals surface area contributed by atoms with E-state index in [2.05, 4.69) is 25.4 Å². The number of aromatic nitrogens is 1. The van der Waals surface area contributed by atoms with E-state index in [1.54, 1.807) is 0 Å². The summed E-state index contributed by atoms with van der Waals surface area (Å²) in [6.45, 7) is -3.43. The van der Waals surface area contributed by atoms with E-state index in [0.29, 0.717) is 5.39 Å². The molecule has 8 nitrogen and oxygen atoms in total. The molecule has 0 spiro atoms. The number of aromatic hydroxyl groups is 1. The topological polar surface area (TPSA) is 99.0 Å². The molecule has 0 aliphatic rings. The molecule has 0 saturated carbocycles. The summed E-state index contributed by atoms with van der Waals surface area (Å²) in [5.41, 5.74) is -1.98. The van der Waals surface area contributed by atoms with E-state index in [1.165, 1.54) is 29.0 Å². The summed E-state index contributed by atoms with van der Waals surface area (Å²) in [5, 5.41) is 13.3. The molecule has 0 aliphatic carbocycles. The van der Waals surface area contributed by atoms with Crippen molar-refractivity contribution in [3.8, 4) is 24.0 Å². The fourth-order valence-electron chi connectivity index (χ4n) is 2.47. The highest BCUT2D eigenvalue weighted by Crippen LogP contribution is 2.32. The average molecular weight is 382 g/mol. The van der Waals surface area contributed by atoms with Crippen LogP contribution in [0.1, 0.15) is 0 Å². The first-order valence-electron chi connectivity index (χ1n) is 7.45. The van der Waals surface area contributed by atoms with E-state index in [-0.39, 0.29) is 17.0 Å². The van der Waals surface area contributed by atoms with Crippen LogP contribution in [0.15, 0.2) is 24.4 Å². The quantitative estimate of drug-likeness (QED) is 0.584. The van der Waals surface area contributed by atoms with E-state index in [0.717, 1.165) is 14.2 Å². The van der Waals surface area contributed by atoms with Gasteiger partial charge in [0.1, 0.15) is 5.75 Å². The third-order valence-electron chi connectivity index (χ3n) is 3.75. The lowest BCUT2D eigenvalue weighted by Gasteiger charge is -2.26. The first-order valence-corrected chi connectivity index (χ1v) is 7.45. The van der Waals surface area contributed by atoms with Crippen molar-refractivity contribution in [1.82, 2.24) is 9.88 Å². The zero-order chi connectivity index (χ0) is 20.2. The molecule has 0 saturated heterocycles. The van der Waals surface area contributed by atoms with Crippen molar-refractivity contribution in [2.24, 2.45) is 0 Å². The van der Waals surface area contributed by atoms with E-state index < -0.39 is 30.8 Å². The second-order valence-corrected chi connectivity index (χ2v) is 5.37. The Bertz CT molecular complexity index is 905. The summed E-state index contributed by atoms with van der Waals surface area (Å²) in [4.78, 5) is 23.8. The van der Waals surface area contributed by atoms with Gasteiger partial charge in [-0.3, -0.25) is 5.32 Å². The monoisotopic (exact) mass is 382 g/mol. The number of carbonyl (C=O) groups excluding carboxylic acids is 2. The highest BCUT2D eigenvalue weighted by molar-refractivity contribution is 5.91. The summed E-state index contributed by atoms with van der Waals surface area (Å²) in [6, 6.07) is 3.93. The van der Waals surface area contributed by atoms with Crippen molar-refractivity contribution in [1.29, 1.82) is 0 Å². The minimum Gasteiger partial charge on any atom is -0.494 e. The molecule has 0 unspecified atom stereocenters. The van der Waals surface area contributed by atoms with Crippen molar-refractivity contribution >= 4 is 22.8 Å². The van der Waals surface area contributed by atoms with Gasteiger partial charge in [0.05, 0.1) is 20.8 Å². The lowest BCUT2D eigenvalue weighted by molar-refractivity contribution is -0.146. The van der Waals surface area contributed by atoms with Crippen molar-refractivity contribution in [3.05, 3.63) is 24.4 Å². The normalized spacial score (nSPS) is 12.9. The minimum atomic E-state index is -3.02. The van der Waals surface area contributed by atoms with Crippen molar-refractivity contribution in [2.75, 3.05) is 14.2 Å². The Morgan fingerprint density at radius 2 is 2.07 bits per heavy atom. The number of hydrogen-bond acceptors (Lipinski definition) is 6. The molecule has 0 fully saturated rings. The molecule has 2 rings (SSSR count). The van der Waals surface area contributed by atoms with Crippen LogP contribution in [-0.4, -0.2) is 48.1 Å². The molecule has 1 atom stereocenters. The van der Waals surface area contributed by atoms with Crippen LogP contribution in [-0.2, 0) is 20.8 Å². The Kier molecular flexibility index (Phi) is 5.75. The Balaban J connectivity index is 2.47. The Hall–Kier alpha value is -3.48. The molecular weight excluding hydrogens is 366 g/mol. The number of alkyl halides is 2. The summed E-state index contributed by atoms with van der Waals surface area (Å²) in [6.07, 6.45) is 5.88. The highest BCUT2D eigenvalue weighted by atomic mass is 19.3. The maximum atomic E-state index is 12.4. The molecule has 2 aromatic rings. The van der Waals surface area contributed by atoms with E-state index in [1.807, 2.05) is 0 Å². The lowest BCUT2D eigenvalue weighted by Crippen LogP contribution is -2.56. The van der Waals surface area contributed by atoms with E-state index in [9.17, 15) is 23.5 Å². The van der Waals surface area contributed by atoms with Gasteiger partial charge < -0.3 is 23.9 Å². The first kappa shape index (κ1) is 19.8. The number of terminal acetylenes is 1. The third-order valence-corrected chi connectivity index (χ3v) is 3.75. The average Bonchev–Trinajstić information content (AvgIpc) is 2.95. The van der Waals surface area contributed by atoms with Gasteiger partial charge in [-0.1, -0.05) is 5.92 Å². The van der Waals surface area contributed by atoms with Crippen LogP contribution in [0.4, 0.5) is 13.6 Å². The van der Waals surface area contributed by atoms with Crippen molar-refractivity contribution < 1.29 is 37.7 Å². The fraction of sp³-hybridized carbons (Fsp3) is 0.294. The second kappa shape index (κ2) is 7.82. The maximum absolute atomic E-state index is 12.4. The largest absolute Gasteiger partial charge is 0.494 e. The number of esters is 1. The lowest BCUT2D eigenvalue weighted by atomic mass is 10.0. The standard InChI is InChI=1S/C17H16F2N2O6/c1-4-17(14(23)25-2,20-16(24)26-3)9-21-8-10-5-6-11(27-15(18)19)7-12(10)13(21)22/h1,5-8,15,22H,9H2,2-3H3,(H,20,24)/t17-/m1/s1. The molecule has 0 bridgehead atoms. The number of nitrogens with one attached hydrogen (secondary N) is 1. The number of amides is 1. The van der Waals surface area contributed by atoms with Crippen LogP contribution in [0.25, 0.3) is 10.8 Å². The Morgan fingerprint density at radius 3 is 2.63 bits per heavy atom. The van der Waals surface area contributed by atoms with Gasteiger partial charge in [-0.15, -0.1) is 6.42 Å². The third kappa shape index (κ3) is 4.03. The van der Waals surface area contributed by atoms with Gasteiger partial charge in [0.2, 0.25) is 5.54 Å². The minimum absolute atomic E-state index is 0.158. The van der Waals surface area contributed by atoms with Gasteiger partial charge >= 0.3 is 18.7 Å². The molecule has 1 aromatic carbocycles. The van der Waals surface area contributed by atoms with Crippen molar-refractivity contribution in [3.63, 3.8) is 0 Å². The molecule has 0 aliphatic heterocycles. The van der Waals surface area contributed by atoms with Gasteiger partial charge in [-0.05, 0) is 18.2 Å². The molecule has 1 heterocycles. The highest BCUT2D eigenvalue weighted by Gasteiger charge is 2.41. The molecule has 10 heteroatoms. The second-order valence-electron chi connectivity index (χ2n) is 5.37. The van der Waals surface area contributed by atoms with Gasteiger partial charge in [0, 0.05) is 17.0 Å². The molecule has 0 radical (unpaired) electrons. The fourth-order valence-corrected chi connectivity index (χ4v) is 2.47. The molecule has 27 heavy (non-hydrogen) atoms. The van der Waals surface area contributed by atoms with E-state index >= 15 is 0 Å².